The molecule has 0 spiro atoms. The van der Waals surface area contributed by atoms with Gasteiger partial charge >= 0.3 is 0 Å². The van der Waals surface area contributed by atoms with Crippen molar-refractivity contribution in [2.75, 3.05) is 11.1 Å². The molecule has 0 fully saturated rings. The molecule has 35 heavy (non-hydrogen) atoms. The van der Waals surface area contributed by atoms with Gasteiger partial charge in [-0.3, -0.25) is 0 Å². The van der Waals surface area contributed by atoms with Crippen LogP contribution >= 0.6 is 0 Å². The van der Waals surface area contributed by atoms with E-state index < -0.39 is 0 Å². The number of nitrogens with two attached hydrogens (primary N) is 1. The van der Waals surface area contributed by atoms with Crippen LogP contribution in [0, 0.1) is 13.8 Å². The number of rotatable bonds is 6. The molecular weight excluding hydrogens is 438 g/mol. The highest BCUT2D eigenvalue weighted by atomic mass is 16.5. The standard InChI is InChI=1S/C27H23N7O/c1-17-18(2)25(34-33-24(17)19-7-4-3-5-8-19)31-20-10-12-21(13-11-20)35-26-22(9-6-15-29-26)23-14-16-30-27(28)32-23/h3-16H,1-2H3,(H,31,34)(H2,28,30,32). The zero-order valence-electron chi connectivity index (χ0n) is 19.3. The van der Waals surface area contributed by atoms with E-state index in [-0.39, 0.29) is 5.95 Å². The Labute approximate surface area is 202 Å². The lowest BCUT2D eigenvalue weighted by Crippen LogP contribution is -2.03. The van der Waals surface area contributed by atoms with E-state index in [9.17, 15) is 0 Å². The lowest BCUT2D eigenvalue weighted by molar-refractivity contribution is 0.465. The summed E-state index contributed by atoms with van der Waals surface area (Å²) in [7, 11) is 0. The topological polar surface area (TPSA) is 112 Å². The quantitative estimate of drug-likeness (QED) is 0.330. The Kier molecular flexibility index (Phi) is 6.00. The second-order valence-electron chi connectivity index (χ2n) is 7.92. The summed E-state index contributed by atoms with van der Waals surface area (Å²) < 4.78 is 6.05. The third kappa shape index (κ3) is 4.77. The second kappa shape index (κ2) is 9.56. The highest BCUT2D eigenvalue weighted by molar-refractivity contribution is 5.69. The lowest BCUT2D eigenvalue weighted by Gasteiger charge is -2.14. The zero-order chi connectivity index (χ0) is 24.2. The average molecular weight is 462 g/mol. The first-order valence-corrected chi connectivity index (χ1v) is 11.1. The number of nitrogens with zero attached hydrogens (tertiary/aromatic N) is 5. The zero-order valence-corrected chi connectivity index (χ0v) is 19.3. The van der Waals surface area contributed by atoms with Crippen LogP contribution in [-0.2, 0) is 0 Å². The molecule has 0 saturated carbocycles. The van der Waals surface area contributed by atoms with Crippen LogP contribution in [0.4, 0.5) is 17.5 Å². The van der Waals surface area contributed by atoms with Crippen molar-refractivity contribution in [2.24, 2.45) is 0 Å². The minimum atomic E-state index is 0.193. The van der Waals surface area contributed by atoms with Gasteiger partial charge in [0, 0.05) is 23.6 Å². The fourth-order valence-electron chi connectivity index (χ4n) is 3.64. The van der Waals surface area contributed by atoms with Crippen LogP contribution in [-0.4, -0.2) is 25.1 Å². The first-order chi connectivity index (χ1) is 17.1. The van der Waals surface area contributed by atoms with Crippen LogP contribution in [0.2, 0.25) is 0 Å². The maximum absolute atomic E-state index is 6.05. The number of nitrogens with one attached hydrogen (secondary N) is 1. The van der Waals surface area contributed by atoms with Gasteiger partial charge in [0.1, 0.15) is 5.75 Å². The molecule has 0 aliphatic heterocycles. The van der Waals surface area contributed by atoms with Gasteiger partial charge in [-0.05, 0) is 67.4 Å². The number of aromatic nitrogens is 5. The van der Waals surface area contributed by atoms with Crippen molar-refractivity contribution in [2.45, 2.75) is 13.8 Å². The van der Waals surface area contributed by atoms with E-state index in [1.54, 1.807) is 18.5 Å². The van der Waals surface area contributed by atoms with Crippen molar-refractivity contribution in [3.05, 3.63) is 96.3 Å². The van der Waals surface area contributed by atoms with Crippen LogP contribution in [0.1, 0.15) is 11.1 Å². The molecule has 8 heteroatoms. The molecule has 0 radical (unpaired) electrons. The molecule has 0 bridgehead atoms. The summed E-state index contributed by atoms with van der Waals surface area (Å²) in [5.74, 6) is 1.97. The molecule has 3 heterocycles. The Hall–Kier alpha value is -4.85. The van der Waals surface area contributed by atoms with E-state index in [2.05, 4.69) is 37.4 Å². The normalized spacial score (nSPS) is 10.7. The molecular formula is C27H23N7O. The lowest BCUT2D eigenvalue weighted by atomic mass is 10.0. The van der Waals surface area contributed by atoms with Crippen molar-refractivity contribution in [3.63, 3.8) is 0 Å². The van der Waals surface area contributed by atoms with Crippen molar-refractivity contribution < 1.29 is 4.74 Å². The Morgan fingerprint density at radius 3 is 2.34 bits per heavy atom. The van der Waals surface area contributed by atoms with Gasteiger partial charge in [-0.15, -0.1) is 10.2 Å². The van der Waals surface area contributed by atoms with Crippen LogP contribution in [0.15, 0.2) is 85.2 Å². The highest BCUT2D eigenvalue weighted by Gasteiger charge is 2.13. The van der Waals surface area contributed by atoms with Crippen LogP contribution in [0.3, 0.4) is 0 Å². The van der Waals surface area contributed by atoms with E-state index in [0.29, 0.717) is 23.1 Å². The summed E-state index contributed by atoms with van der Waals surface area (Å²) in [5.41, 5.74) is 12.0. The number of hydrogen-bond donors (Lipinski definition) is 2. The predicted octanol–water partition coefficient (Wildman–Crippen LogP) is 5.73. The summed E-state index contributed by atoms with van der Waals surface area (Å²) in [6, 6.07) is 23.1. The smallest absolute Gasteiger partial charge is 0.228 e. The van der Waals surface area contributed by atoms with E-state index in [4.69, 9.17) is 10.5 Å². The molecule has 3 N–H and O–H groups in total. The van der Waals surface area contributed by atoms with E-state index >= 15 is 0 Å². The Balaban J connectivity index is 1.34. The summed E-state index contributed by atoms with van der Waals surface area (Å²) in [6.07, 6.45) is 3.27. The second-order valence-corrected chi connectivity index (χ2v) is 7.92. The van der Waals surface area contributed by atoms with Gasteiger partial charge in [-0.2, -0.15) is 0 Å². The van der Waals surface area contributed by atoms with Crippen LogP contribution < -0.4 is 15.8 Å². The third-order valence-corrected chi connectivity index (χ3v) is 5.62. The molecule has 172 valence electrons. The Morgan fingerprint density at radius 1 is 0.771 bits per heavy atom. The molecule has 0 saturated heterocycles. The molecule has 3 aromatic heterocycles. The van der Waals surface area contributed by atoms with Gasteiger partial charge in [-0.25, -0.2) is 15.0 Å². The van der Waals surface area contributed by atoms with Crippen molar-refractivity contribution in [1.82, 2.24) is 25.1 Å². The molecule has 5 rings (SSSR count). The monoisotopic (exact) mass is 461 g/mol. The largest absolute Gasteiger partial charge is 0.438 e. The van der Waals surface area contributed by atoms with E-state index in [1.165, 1.54) is 0 Å². The number of ether oxygens (including phenoxy) is 1. The summed E-state index contributed by atoms with van der Waals surface area (Å²) in [6.45, 7) is 4.10. The van der Waals surface area contributed by atoms with Crippen LogP contribution in [0.25, 0.3) is 22.5 Å². The highest BCUT2D eigenvalue weighted by Crippen LogP contribution is 2.32. The molecule has 0 aliphatic carbocycles. The summed E-state index contributed by atoms with van der Waals surface area (Å²) >= 11 is 0. The van der Waals surface area contributed by atoms with Crippen LogP contribution in [0.5, 0.6) is 11.6 Å². The maximum Gasteiger partial charge on any atom is 0.228 e. The Bertz CT molecular complexity index is 1470. The molecule has 2 aromatic carbocycles. The van der Waals surface area contributed by atoms with Crippen molar-refractivity contribution >= 4 is 17.5 Å². The molecule has 0 atom stereocenters. The van der Waals surface area contributed by atoms with Gasteiger partial charge in [0.15, 0.2) is 5.82 Å². The van der Waals surface area contributed by atoms with Gasteiger partial charge in [0.05, 0.1) is 17.0 Å². The Morgan fingerprint density at radius 2 is 1.57 bits per heavy atom. The molecule has 0 unspecified atom stereocenters. The van der Waals surface area contributed by atoms with Gasteiger partial charge < -0.3 is 15.8 Å². The number of pyridine rings is 1. The first kappa shape index (κ1) is 22.0. The average Bonchev–Trinajstić information content (AvgIpc) is 2.89. The third-order valence-electron chi connectivity index (χ3n) is 5.62. The summed E-state index contributed by atoms with van der Waals surface area (Å²) in [5, 5.41) is 12.2. The number of hydrogen-bond acceptors (Lipinski definition) is 8. The number of anilines is 3. The summed E-state index contributed by atoms with van der Waals surface area (Å²) in [4.78, 5) is 12.6. The maximum atomic E-state index is 6.05. The minimum Gasteiger partial charge on any atom is -0.438 e. The number of nitrogen functional groups attached to an aromatic ring is 1. The molecule has 8 nitrogen and oxygen atoms in total. The van der Waals surface area contributed by atoms with Gasteiger partial charge in [-0.1, -0.05) is 30.3 Å². The van der Waals surface area contributed by atoms with E-state index in [1.807, 2.05) is 73.7 Å². The number of benzene rings is 2. The fourth-order valence-corrected chi connectivity index (χ4v) is 3.64. The molecule has 5 aromatic rings. The SMILES string of the molecule is Cc1c(Nc2ccc(Oc3ncccc3-c3ccnc(N)n3)cc2)nnc(-c2ccccc2)c1C. The fraction of sp³-hybridized carbons (Fsp3) is 0.0741. The minimum absolute atomic E-state index is 0.193. The van der Waals surface area contributed by atoms with E-state index in [0.717, 1.165) is 33.6 Å². The predicted molar refractivity (Wildman–Crippen MR) is 136 cm³/mol. The first-order valence-electron chi connectivity index (χ1n) is 11.1. The van der Waals surface area contributed by atoms with Gasteiger partial charge in [0.25, 0.3) is 0 Å². The van der Waals surface area contributed by atoms with Gasteiger partial charge in [0.2, 0.25) is 11.8 Å². The molecule has 0 amide bonds. The van der Waals surface area contributed by atoms with Crippen molar-refractivity contribution in [1.29, 1.82) is 0 Å². The molecule has 0 aliphatic rings. The van der Waals surface area contributed by atoms with Crippen molar-refractivity contribution in [3.8, 4) is 34.1 Å².